The number of furan rings is 1. The van der Waals surface area contributed by atoms with Crippen molar-refractivity contribution in [2.75, 3.05) is 6.54 Å². The van der Waals surface area contributed by atoms with Crippen LogP contribution in [0.5, 0.6) is 0 Å². The highest BCUT2D eigenvalue weighted by molar-refractivity contribution is 5.23. The van der Waals surface area contributed by atoms with Crippen LogP contribution in [0.25, 0.3) is 0 Å². The molecule has 4 rings (SSSR count). The van der Waals surface area contributed by atoms with Crippen LogP contribution in [0.4, 0.5) is 5.88 Å². The summed E-state index contributed by atoms with van der Waals surface area (Å²) < 4.78 is 5.18. The predicted octanol–water partition coefficient (Wildman–Crippen LogP) is 1.71. The van der Waals surface area contributed by atoms with Crippen LogP contribution in [-0.2, 0) is 19.5 Å². The molecular formula is C15H16N4O4. The molecule has 0 aromatic carbocycles. The average molecular weight is 316 g/mol. The molecule has 0 bridgehead atoms. The van der Waals surface area contributed by atoms with Gasteiger partial charge in [0.2, 0.25) is 0 Å². The van der Waals surface area contributed by atoms with E-state index in [1.54, 1.807) is 6.07 Å². The number of aromatic nitrogens is 2. The highest BCUT2D eigenvalue weighted by atomic mass is 16.6. The van der Waals surface area contributed by atoms with Crippen molar-refractivity contribution in [2.24, 2.45) is 0 Å². The van der Waals surface area contributed by atoms with Crippen LogP contribution in [0.15, 0.2) is 21.3 Å². The first-order valence-corrected chi connectivity index (χ1v) is 7.67. The molecule has 1 N–H and O–H groups in total. The lowest BCUT2D eigenvalue weighted by Crippen LogP contribution is -2.35. The van der Waals surface area contributed by atoms with E-state index in [-0.39, 0.29) is 11.4 Å². The molecule has 8 nitrogen and oxygen atoms in total. The summed E-state index contributed by atoms with van der Waals surface area (Å²) >= 11 is 0. The van der Waals surface area contributed by atoms with Crippen molar-refractivity contribution in [1.29, 1.82) is 0 Å². The Morgan fingerprint density at radius 3 is 2.96 bits per heavy atom. The van der Waals surface area contributed by atoms with Gasteiger partial charge in [0.15, 0.2) is 0 Å². The number of hydrogen-bond acceptors (Lipinski definition) is 6. The number of H-pyrrole nitrogens is 1. The summed E-state index contributed by atoms with van der Waals surface area (Å²) in [5.41, 5.74) is 1.52. The van der Waals surface area contributed by atoms with Gasteiger partial charge < -0.3 is 9.40 Å². The second-order valence-corrected chi connectivity index (χ2v) is 6.11. The second-order valence-electron chi connectivity index (χ2n) is 6.11. The normalized spacial score (nSPS) is 17.9. The molecule has 0 spiro atoms. The van der Waals surface area contributed by atoms with Crippen LogP contribution in [0.1, 0.15) is 41.6 Å². The molecular weight excluding hydrogens is 300 g/mol. The van der Waals surface area contributed by atoms with Crippen LogP contribution in [0, 0.1) is 10.1 Å². The van der Waals surface area contributed by atoms with Gasteiger partial charge in [0.1, 0.15) is 16.5 Å². The van der Waals surface area contributed by atoms with Crippen LogP contribution in [0.3, 0.4) is 0 Å². The van der Waals surface area contributed by atoms with Crippen molar-refractivity contribution >= 4 is 5.88 Å². The molecule has 0 atom stereocenters. The molecule has 1 aliphatic heterocycles. The van der Waals surface area contributed by atoms with E-state index < -0.39 is 4.92 Å². The largest absolute Gasteiger partial charge is 0.433 e. The van der Waals surface area contributed by atoms with Crippen molar-refractivity contribution < 1.29 is 9.34 Å². The number of nitrogens with zero attached hydrogens (tertiary/aromatic N) is 3. The Labute approximate surface area is 131 Å². The lowest BCUT2D eigenvalue weighted by molar-refractivity contribution is -0.402. The Balaban J connectivity index is 1.51. The number of nitrogens with one attached hydrogen (secondary N) is 1. The molecule has 2 aromatic rings. The standard InChI is InChI=1S/C15H16N4O4/c20-15-11-8-18(7-10-3-4-13(23-10)19(21)22)6-5-12(11)16-14(17-15)9-1-2-9/h3-4,9H,1-2,5-8H2,(H,16,17,20). The minimum atomic E-state index is -0.553. The van der Waals surface area contributed by atoms with E-state index in [4.69, 9.17) is 4.42 Å². The topological polar surface area (TPSA) is 105 Å². The second kappa shape index (κ2) is 5.31. The first kappa shape index (κ1) is 14.1. The van der Waals surface area contributed by atoms with Crippen LogP contribution in [0.2, 0.25) is 0 Å². The molecule has 2 aliphatic rings. The molecule has 2 aromatic heterocycles. The van der Waals surface area contributed by atoms with Crippen LogP contribution in [-0.4, -0.2) is 26.3 Å². The number of fused-ring (bicyclic) bond motifs is 1. The third kappa shape index (κ3) is 2.77. The molecule has 1 aliphatic carbocycles. The van der Waals surface area contributed by atoms with Gasteiger partial charge in [-0.15, -0.1) is 0 Å². The van der Waals surface area contributed by atoms with E-state index in [9.17, 15) is 14.9 Å². The van der Waals surface area contributed by atoms with Crippen LogP contribution < -0.4 is 5.56 Å². The van der Waals surface area contributed by atoms with Gasteiger partial charge in [0.05, 0.1) is 23.9 Å². The van der Waals surface area contributed by atoms with Crippen LogP contribution >= 0.6 is 0 Å². The van der Waals surface area contributed by atoms with Crippen molar-refractivity contribution in [3.05, 3.63) is 55.4 Å². The molecule has 0 amide bonds. The van der Waals surface area contributed by atoms with Gasteiger partial charge in [-0.1, -0.05) is 0 Å². The van der Waals surface area contributed by atoms with E-state index in [1.807, 2.05) is 4.90 Å². The first-order chi connectivity index (χ1) is 11.1. The smallest absolute Gasteiger partial charge is 0.404 e. The Morgan fingerprint density at radius 2 is 2.26 bits per heavy atom. The molecule has 1 fully saturated rings. The van der Waals surface area contributed by atoms with Crippen molar-refractivity contribution in [3.63, 3.8) is 0 Å². The van der Waals surface area contributed by atoms with Crippen molar-refractivity contribution in [1.82, 2.24) is 14.9 Å². The first-order valence-electron chi connectivity index (χ1n) is 7.67. The Bertz CT molecular complexity index is 821. The van der Waals surface area contributed by atoms with Gasteiger partial charge in [-0.3, -0.25) is 19.8 Å². The average Bonchev–Trinajstić information content (AvgIpc) is 3.27. The molecule has 8 heteroatoms. The molecule has 1 saturated carbocycles. The quantitative estimate of drug-likeness (QED) is 0.680. The zero-order valence-electron chi connectivity index (χ0n) is 12.4. The molecule has 0 saturated heterocycles. The lowest BCUT2D eigenvalue weighted by atomic mass is 10.1. The number of hydrogen-bond donors (Lipinski definition) is 1. The third-order valence-corrected chi connectivity index (χ3v) is 4.34. The maximum Gasteiger partial charge on any atom is 0.433 e. The van der Waals surface area contributed by atoms with Gasteiger partial charge in [-0.2, -0.15) is 0 Å². The highest BCUT2D eigenvalue weighted by Gasteiger charge is 2.29. The minimum absolute atomic E-state index is 0.0629. The zero-order valence-corrected chi connectivity index (χ0v) is 12.4. The van der Waals surface area contributed by atoms with Gasteiger partial charge in [0.25, 0.3) is 5.56 Å². The number of rotatable bonds is 4. The SMILES string of the molecule is O=c1[nH]c(C2CC2)nc2c1CN(Cc1ccc([N+](=O)[O-])o1)CC2. The van der Waals surface area contributed by atoms with Gasteiger partial charge in [-0.05, 0) is 18.9 Å². The fourth-order valence-electron chi connectivity index (χ4n) is 2.96. The van der Waals surface area contributed by atoms with E-state index in [2.05, 4.69) is 9.97 Å². The fourth-order valence-corrected chi connectivity index (χ4v) is 2.96. The summed E-state index contributed by atoms with van der Waals surface area (Å²) in [7, 11) is 0. The van der Waals surface area contributed by atoms with E-state index >= 15 is 0 Å². The Kier molecular flexibility index (Phi) is 3.26. The summed E-state index contributed by atoms with van der Waals surface area (Å²) in [6, 6.07) is 2.95. The maximum absolute atomic E-state index is 12.3. The summed E-state index contributed by atoms with van der Waals surface area (Å²) in [4.78, 5) is 31.9. The van der Waals surface area contributed by atoms with E-state index in [1.165, 1.54) is 6.07 Å². The summed E-state index contributed by atoms with van der Waals surface area (Å²) in [6.07, 6.45) is 2.91. The lowest BCUT2D eigenvalue weighted by Gasteiger charge is -2.26. The highest BCUT2D eigenvalue weighted by Crippen LogP contribution is 2.37. The zero-order chi connectivity index (χ0) is 16.0. The number of nitro groups is 1. The monoisotopic (exact) mass is 316 g/mol. The van der Waals surface area contributed by atoms with Gasteiger partial charge in [-0.25, -0.2) is 4.98 Å². The Hall–Kier alpha value is -2.48. The summed E-state index contributed by atoms with van der Waals surface area (Å²) in [5.74, 6) is 1.52. The molecule has 3 heterocycles. The molecule has 0 unspecified atom stereocenters. The van der Waals surface area contributed by atoms with E-state index in [0.717, 1.165) is 30.9 Å². The number of aromatic amines is 1. The minimum Gasteiger partial charge on any atom is -0.404 e. The molecule has 0 radical (unpaired) electrons. The third-order valence-electron chi connectivity index (χ3n) is 4.34. The maximum atomic E-state index is 12.3. The van der Waals surface area contributed by atoms with Gasteiger partial charge in [0, 0.05) is 25.4 Å². The van der Waals surface area contributed by atoms with Crippen molar-refractivity contribution in [3.8, 4) is 0 Å². The summed E-state index contributed by atoms with van der Waals surface area (Å²) in [5, 5.41) is 10.7. The fraction of sp³-hybridized carbons (Fsp3) is 0.467. The van der Waals surface area contributed by atoms with Gasteiger partial charge >= 0.3 is 5.88 Å². The Morgan fingerprint density at radius 1 is 1.43 bits per heavy atom. The van der Waals surface area contributed by atoms with Crippen molar-refractivity contribution in [2.45, 2.75) is 38.3 Å². The van der Waals surface area contributed by atoms with E-state index in [0.29, 0.717) is 36.8 Å². The molecule has 23 heavy (non-hydrogen) atoms. The summed E-state index contributed by atoms with van der Waals surface area (Å²) in [6.45, 7) is 1.68. The molecule has 120 valence electrons. The predicted molar refractivity (Wildman–Crippen MR) is 80.0 cm³/mol.